The van der Waals surface area contributed by atoms with Gasteiger partial charge >= 0.3 is 6.18 Å². The summed E-state index contributed by atoms with van der Waals surface area (Å²) in [5.74, 6) is 0.421. The number of halogens is 3. The Morgan fingerprint density at radius 1 is 1.19 bits per heavy atom. The van der Waals surface area contributed by atoms with Gasteiger partial charge in [-0.3, -0.25) is 9.69 Å². The van der Waals surface area contributed by atoms with E-state index in [2.05, 4.69) is 0 Å². The van der Waals surface area contributed by atoms with Gasteiger partial charge in [0.1, 0.15) is 18.5 Å². The van der Waals surface area contributed by atoms with Crippen LogP contribution in [-0.4, -0.2) is 42.1 Å². The first-order valence-corrected chi connectivity index (χ1v) is 8.41. The van der Waals surface area contributed by atoms with Crippen LogP contribution in [0.15, 0.2) is 48.5 Å². The Morgan fingerprint density at radius 3 is 2.44 bits per heavy atom. The summed E-state index contributed by atoms with van der Waals surface area (Å²) in [7, 11) is 1.76. The van der Waals surface area contributed by atoms with Gasteiger partial charge in [0.2, 0.25) is 0 Å². The van der Waals surface area contributed by atoms with Gasteiger partial charge in [-0.1, -0.05) is 24.3 Å². The fourth-order valence-corrected chi connectivity index (χ4v) is 2.59. The second-order valence-corrected chi connectivity index (χ2v) is 6.44. The lowest BCUT2D eigenvalue weighted by Crippen LogP contribution is -2.32. The number of benzene rings is 2. The van der Waals surface area contributed by atoms with E-state index in [0.717, 1.165) is 12.1 Å². The Bertz CT molecular complexity index is 760. The molecular weight excluding hydrogens is 359 g/mol. The largest absolute Gasteiger partial charge is 0.491 e. The first kappa shape index (κ1) is 20.9. The fraction of sp³-hybridized carbons (Fsp3) is 0.350. The highest BCUT2D eigenvalue weighted by Gasteiger charge is 2.29. The zero-order valence-electron chi connectivity index (χ0n) is 15.2. The van der Waals surface area contributed by atoms with Crippen LogP contribution in [0.2, 0.25) is 0 Å². The Balaban J connectivity index is 1.82. The minimum absolute atomic E-state index is 0.0404. The number of hydrogen-bond acceptors (Lipinski definition) is 4. The number of likely N-dealkylation sites (N-methyl/N-ethyl adjacent to an activating group) is 1. The molecule has 2 rings (SSSR count). The van der Waals surface area contributed by atoms with Crippen molar-refractivity contribution in [2.24, 2.45) is 0 Å². The summed E-state index contributed by atoms with van der Waals surface area (Å²) >= 11 is 0. The van der Waals surface area contributed by atoms with Crippen molar-refractivity contribution >= 4 is 5.78 Å². The van der Waals surface area contributed by atoms with Crippen LogP contribution in [0.5, 0.6) is 5.75 Å². The van der Waals surface area contributed by atoms with E-state index in [9.17, 15) is 23.1 Å². The molecule has 0 aliphatic rings. The SMILES string of the molecule is CC(=O)c1cccc(OCC(O)CN(C)Cc2ccc(C(F)(F)F)cc2)c1. The van der Waals surface area contributed by atoms with E-state index in [4.69, 9.17) is 4.74 Å². The number of rotatable bonds is 8. The number of Topliss-reactive ketones (excluding diaryl/α,β-unsaturated/α-hetero) is 1. The van der Waals surface area contributed by atoms with Gasteiger partial charge in [0, 0.05) is 18.7 Å². The molecule has 0 heterocycles. The molecule has 0 bridgehead atoms. The molecule has 2 aromatic carbocycles. The van der Waals surface area contributed by atoms with Crippen LogP contribution in [0, 0.1) is 0 Å². The summed E-state index contributed by atoms with van der Waals surface area (Å²) in [4.78, 5) is 13.2. The molecule has 2 aromatic rings. The van der Waals surface area contributed by atoms with E-state index in [0.29, 0.717) is 23.4 Å². The molecule has 27 heavy (non-hydrogen) atoms. The molecule has 0 aromatic heterocycles. The molecule has 146 valence electrons. The number of aliphatic hydroxyl groups is 1. The summed E-state index contributed by atoms with van der Waals surface area (Å²) in [5, 5.41) is 10.1. The van der Waals surface area contributed by atoms with Gasteiger partial charge in [-0.25, -0.2) is 0 Å². The van der Waals surface area contributed by atoms with Crippen LogP contribution in [0.3, 0.4) is 0 Å². The number of nitrogens with zero attached hydrogens (tertiary/aromatic N) is 1. The average molecular weight is 381 g/mol. The topological polar surface area (TPSA) is 49.8 Å². The smallest absolute Gasteiger partial charge is 0.416 e. The molecule has 1 N–H and O–H groups in total. The predicted molar refractivity (Wildman–Crippen MR) is 95.7 cm³/mol. The first-order valence-electron chi connectivity index (χ1n) is 8.41. The van der Waals surface area contributed by atoms with Crippen LogP contribution in [-0.2, 0) is 12.7 Å². The quantitative estimate of drug-likeness (QED) is 0.707. The van der Waals surface area contributed by atoms with E-state index in [1.54, 1.807) is 36.2 Å². The van der Waals surface area contributed by atoms with Gasteiger partial charge in [-0.05, 0) is 43.8 Å². The molecule has 0 fully saturated rings. The number of carbonyl (C=O) groups is 1. The maximum Gasteiger partial charge on any atom is 0.416 e. The number of carbonyl (C=O) groups excluding carboxylic acids is 1. The highest BCUT2D eigenvalue weighted by atomic mass is 19.4. The first-order chi connectivity index (χ1) is 12.6. The summed E-state index contributed by atoms with van der Waals surface area (Å²) in [6.07, 6.45) is -5.14. The van der Waals surface area contributed by atoms with Gasteiger partial charge < -0.3 is 9.84 Å². The lowest BCUT2D eigenvalue weighted by molar-refractivity contribution is -0.137. The molecule has 0 amide bonds. The van der Waals surface area contributed by atoms with Crippen molar-refractivity contribution < 1.29 is 27.8 Å². The summed E-state index contributed by atoms with van der Waals surface area (Å²) in [5.41, 5.74) is 0.560. The molecule has 4 nitrogen and oxygen atoms in total. The number of ether oxygens (including phenoxy) is 1. The lowest BCUT2D eigenvalue weighted by Gasteiger charge is -2.21. The van der Waals surface area contributed by atoms with Crippen LogP contribution in [0.4, 0.5) is 13.2 Å². The summed E-state index contributed by atoms with van der Waals surface area (Å²) in [6, 6.07) is 11.6. The van der Waals surface area contributed by atoms with Gasteiger partial charge in [-0.2, -0.15) is 13.2 Å². The van der Waals surface area contributed by atoms with Crippen molar-refractivity contribution in [2.45, 2.75) is 25.7 Å². The van der Waals surface area contributed by atoms with Gasteiger partial charge in [-0.15, -0.1) is 0 Å². The molecular formula is C20H22F3NO3. The van der Waals surface area contributed by atoms with E-state index in [1.807, 2.05) is 0 Å². The molecule has 0 aliphatic carbocycles. The Kier molecular flexibility index (Phi) is 6.98. The summed E-state index contributed by atoms with van der Waals surface area (Å²) < 4.78 is 43.2. The number of ketones is 1. The third-order valence-corrected chi connectivity index (χ3v) is 3.94. The molecule has 0 saturated carbocycles. The molecule has 1 atom stereocenters. The molecule has 0 saturated heterocycles. The Morgan fingerprint density at radius 2 is 1.85 bits per heavy atom. The van der Waals surface area contributed by atoms with Gasteiger partial charge in [0.25, 0.3) is 0 Å². The highest BCUT2D eigenvalue weighted by molar-refractivity contribution is 5.94. The maximum absolute atomic E-state index is 12.6. The number of aliphatic hydroxyl groups excluding tert-OH is 1. The molecule has 1 unspecified atom stereocenters. The van der Waals surface area contributed by atoms with E-state index in [1.165, 1.54) is 19.1 Å². The minimum Gasteiger partial charge on any atom is -0.491 e. The fourth-order valence-electron chi connectivity index (χ4n) is 2.59. The molecule has 7 heteroatoms. The predicted octanol–water partition coefficient (Wildman–Crippen LogP) is 3.78. The molecule has 0 spiro atoms. The molecule has 0 radical (unpaired) electrons. The van der Waals surface area contributed by atoms with Gasteiger partial charge in [0.05, 0.1) is 5.56 Å². The Labute approximate surface area is 156 Å². The summed E-state index contributed by atoms with van der Waals surface area (Å²) in [6.45, 7) is 2.19. The number of hydrogen-bond donors (Lipinski definition) is 1. The molecule has 0 aliphatic heterocycles. The third-order valence-electron chi connectivity index (χ3n) is 3.94. The van der Waals surface area contributed by atoms with Crippen molar-refractivity contribution in [3.05, 3.63) is 65.2 Å². The normalized spacial score (nSPS) is 12.9. The van der Waals surface area contributed by atoms with Crippen molar-refractivity contribution in [2.75, 3.05) is 20.2 Å². The maximum atomic E-state index is 12.6. The van der Waals surface area contributed by atoms with Gasteiger partial charge in [0.15, 0.2) is 5.78 Å². The van der Waals surface area contributed by atoms with Crippen LogP contribution in [0.1, 0.15) is 28.4 Å². The average Bonchev–Trinajstić information content (AvgIpc) is 2.59. The standard InChI is InChI=1S/C20H22F3NO3/c1-14(25)16-4-3-5-19(10-16)27-13-18(26)12-24(2)11-15-6-8-17(9-7-15)20(21,22)23/h3-10,18,26H,11-13H2,1-2H3. The van der Waals surface area contributed by atoms with E-state index < -0.39 is 17.8 Å². The van der Waals surface area contributed by atoms with Crippen molar-refractivity contribution in [1.29, 1.82) is 0 Å². The highest BCUT2D eigenvalue weighted by Crippen LogP contribution is 2.29. The lowest BCUT2D eigenvalue weighted by atomic mass is 10.1. The third kappa shape index (κ3) is 6.69. The Hall–Kier alpha value is -2.38. The minimum atomic E-state index is -4.35. The zero-order valence-corrected chi connectivity index (χ0v) is 15.2. The van der Waals surface area contributed by atoms with Crippen molar-refractivity contribution in [3.63, 3.8) is 0 Å². The van der Waals surface area contributed by atoms with E-state index >= 15 is 0 Å². The van der Waals surface area contributed by atoms with Crippen LogP contribution in [0.25, 0.3) is 0 Å². The van der Waals surface area contributed by atoms with Crippen molar-refractivity contribution in [3.8, 4) is 5.75 Å². The van der Waals surface area contributed by atoms with Crippen LogP contribution >= 0.6 is 0 Å². The van der Waals surface area contributed by atoms with Crippen molar-refractivity contribution in [1.82, 2.24) is 4.90 Å². The van der Waals surface area contributed by atoms with E-state index in [-0.39, 0.29) is 18.9 Å². The zero-order chi connectivity index (χ0) is 20.0. The second-order valence-electron chi connectivity index (χ2n) is 6.44. The monoisotopic (exact) mass is 381 g/mol. The number of alkyl halides is 3. The second kappa shape index (κ2) is 9.01. The van der Waals surface area contributed by atoms with Crippen LogP contribution < -0.4 is 4.74 Å².